The van der Waals surface area contributed by atoms with Crippen LogP contribution in [0.1, 0.15) is 24.2 Å². The molecule has 0 spiro atoms. The first kappa shape index (κ1) is 19.7. The molecule has 2 atom stereocenters. The predicted octanol–water partition coefficient (Wildman–Crippen LogP) is 1.29. The number of phenols is 1. The zero-order valence-electron chi connectivity index (χ0n) is 15.9. The van der Waals surface area contributed by atoms with Crippen molar-refractivity contribution in [2.75, 3.05) is 38.2 Å². The highest BCUT2D eigenvalue weighted by molar-refractivity contribution is 7.91. The molecule has 2 aliphatic rings. The monoisotopic (exact) mass is 394 g/mol. The summed E-state index contributed by atoms with van der Waals surface area (Å²) in [5.41, 5.74) is 1.51. The fraction of sp³-hybridized carbons (Fsp3) is 0.526. The Labute approximate surface area is 160 Å². The third-order valence-electron chi connectivity index (χ3n) is 5.21. The Balaban J connectivity index is 1.85. The standard InChI is InChI=1S/C19H26N2O5S/c1-13(2)6-7-20-8-9-21(16-12-27(24,25)11-15(16)20)19(23)14-4-5-18(26-3)17(22)10-14/h4-6,10,15-16,22H,7-9,11-12H2,1-3H3/t15-,16+/m0/s1. The Morgan fingerprint density at radius 1 is 1.26 bits per heavy atom. The van der Waals surface area contributed by atoms with Crippen molar-refractivity contribution < 1.29 is 23.1 Å². The molecule has 1 aromatic rings. The van der Waals surface area contributed by atoms with Crippen LogP contribution < -0.4 is 4.74 Å². The summed E-state index contributed by atoms with van der Waals surface area (Å²) in [6, 6.07) is 3.93. The molecule has 0 saturated carbocycles. The number of methoxy groups -OCH3 is 1. The van der Waals surface area contributed by atoms with Gasteiger partial charge in [0.2, 0.25) is 0 Å². The van der Waals surface area contributed by atoms with Crippen molar-refractivity contribution in [3.8, 4) is 11.5 Å². The Hall–Kier alpha value is -2.06. The van der Waals surface area contributed by atoms with Crippen molar-refractivity contribution in [2.24, 2.45) is 0 Å². The first-order chi connectivity index (χ1) is 12.7. The van der Waals surface area contributed by atoms with E-state index in [-0.39, 0.29) is 35.2 Å². The molecule has 2 saturated heterocycles. The van der Waals surface area contributed by atoms with Crippen LogP contribution in [0, 0.1) is 0 Å². The Bertz CT molecular complexity index is 861. The zero-order chi connectivity index (χ0) is 19.8. The number of carbonyl (C=O) groups excluding carboxylic acids is 1. The van der Waals surface area contributed by atoms with Gasteiger partial charge in [-0.3, -0.25) is 9.69 Å². The van der Waals surface area contributed by atoms with Crippen LogP contribution in [-0.4, -0.2) is 79.6 Å². The lowest BCUT2D eigenvalue weighted by molar-refractivity contribution is 0.0368. The van der Waals surface area contributed by atoms with Gasteiger partial charge in [0.15, 0.2) is 21.3 Å². The number of ether oxygens (including phenoxy) is 1. The highest BCUT2D eigenvalue weighted by Crippen LogP contribution is 2.31. The molecule has 27 heavy (non-hydrogen) atoms. The molecule has 2 aliphatic heterocycles. The molecule has 0 unspecified atom stereocenters. The van der Waals surface area contributed by atoms with Crippen molar-refractivity contribution in [1.82, 2.24) is 9.80 Å². The minimum absolute atomic E-state index is 0.0170. The molecule has 7 nitrogen and oxygen atoms in total. The lowest BCUT2D eigenvalue weighted by Crippen LogP contribution is -2.60. The maximum atomic E-state index is 13.0. The van der Waals surface area contributed by atoms with E-state index in [1.54, 1.807) is 11.0 Å². The first-order valence-electron chi connectivity index (χ1n) is 8.97. The summed E-state index contributed by atoms with van der Waals surface area (Å²) in [6.07, 6.45) is 2.08. The Kier molecular flexibility index (Phi) is 5.48. The number of phenolic OH excluding ortho intramolecular Hbond substituents is 1. The molecule has 8 heteroatoms. The maximum absolute atomic E-state index is 13.0. The number of allylic oxidation sites excluding steroid dienone is 1. The van der Waals surface area contributed by atoms with Gasteiger partial charge in [0.25, 0.3) is 5.91 Å². The van der Waals surface area contributed by atoms with E-state index < -0.39 is 9.84 Å². The molecule has 148 valence electrons. The second-order valence-corrected chi connectivity index (χ2v) is 9.53. The summed E-state index contributed by atoms with van der Waals surface area (Å²) < 4.78 is 29.6. The van der Waals surface area contributed by atoms with E-state index in [0.717, 1.165) is 0 Å². The molecule has 0 aliphatic carbocycles. The van der Waals surface area contributed by atoms with Crippen LogP contribution in [0.3, 0.4) is 0 Å². The molecule has 0 aromatic heterocycles. The number of rotatable bonds is 4. The summed E-state index contributed by atoms with van der Waals surface area (Å²) in [5, 5.41) is 9.97. The number of benzene rings is 1. The molecule has 1 amide bonds. The van der Waals surface area contributed by atoms with Gasteiger partial charge >= 0.3 is 0 Å². The molecule has 1 aromatic carbocycles. The van der Waals surface area contributed by atoms with E-state index in [1.807, 2.05) is 13.8 Å². The zero-order valence-corrected chi connectivity index (χ0v) is 16.7. The van der Waals surface area contributed by atoms with Crippen LogP contribution in [-0.2, 0) is 9.84 Å². The van der Waals surface area contributed by atoms with E-state index in [9.17, 15) is 18.3 Å². The molecule has 0 radical (unpaired) electrons. The first-order valence-corrected chi connectivity index (χ1v) is 10.8. The van der Waals surface area contributed by atoms with Crippen molar-refractivity contribution >= 4 is 15.7 Å². The molecule has 2 heterocycles. The third kappa shape index (κ3) is 4.11. The van der Waals surface area contributed by atoms with Gasteiger partial charge in [-0.15, -0.1) is 0 Å². The number of hydrogen-bond donors (Lipinski definition) is 1. The van der Waals surface area contributed by atoms with E-state index >= 15 is 0 Å². The van der Waals surface area contributed by atoms with E-state index in [1.165, 1.54) is 24.8 Å². The molecular weight excluding hydrogens is 368 g/mol. The SMILES string of the molecule is COc1ccc(C(=O)N2CCN(CC=C(C)C)[C@H]3CS(=O)(=O)C[C@H]32)cc1O. The number of aromatic hydroxyl groups is 1. The summed E-state index contributed by atoms with van der Waals surface area (Å²) in [6.45, 7) is 5.79. The van der Waals surface area contributed by atoms with Crippen LogP contribution >= 0.6 is 0 Å². The lowest BCUT2D eigenvalue weighted by atomic mass is 10.0. The highest BCUT2D eigenvalue weighted by atomic mass is 32.2. The smallest absolute Gasteiger partial charge is 0.254 e. The topological polar surface area (TPSA) is 87.2 Å². The van der Waals surface area contributed by atoms with Gasteiger partial charge in [-0.05, 0) is 32.0 Å². The number of fused-ring (bicyclic) bond motifs is 1. The van der Waals surface area contributed by atoms with E-state index in [0.29, 0.717) is 30.9 Å². The van der Waals surface area contributed by atoms with Gasteiger partial charge in [-0.25, -0.2) is 8.42 Å². The van der Waals surface area contributed by atoms with Crippen LogP contribution in [0.4, 0.5) is 0 Å². The third-order valence-corrected chi connectivity index (χ3v) is 6.91. The number of sulfone groups is 1. The van der Waals surface area contributed by atoms with Crippen molar-refractivity contribution in [2.45, 2.75) is 25.9 Å². The number of amides is 1. The van der Waals surface area contributed by atoms with Gasteiger partial charge in [0.05, 0.1) is 24.7 Å². The number of nitrogens with zero attached hydrogens (tertiary/aromatic N) is 2. The average molecular weight is 394 g/mol. The number of piperazine rings is 1. The fourth-order valence-electron chi connectivity index (χ4n) is 3.79. The van der Waals surface area contributed by atoms with Gasteiger partial charge in [0.1, 0.15) is 0 Å². The summed E-state index contributed by atoms with van der Waals surface area (Å²) >= 11 is 0. The van der Waals surface area contributed by atoms with Crippen LogP contribution in [0.5, 0.6) is 11.5 Å². The van der Waals surface area contributed by atoms with Gasteiger partial charge in [-0.1, -0.05) is 11.6 Å². The van der Waals surface area contributed by atoms with Gasteiger partial charge < -0.3 is 14.7 Å². The Morgan fingerprint density at radius 2 is 1.96 bits per heavy atom. The average Bonchev–Trinajstić information content (AvgIpc) is 2.93. The number of carbonyl (C=O) groups is 1. The second-order valence-electron chi connectivity index (χ2n) is 7.37. The quantitative estimate of drug-likeness (QED) is 0.775. The van der Waals surface area contributed by atoms with Crippen LogP contribution in [0.2, 0.25) is 0 Å². The Morgan fingerprint density at radius 3 is 2.59 bits per heavy atom. The van der Waals surface area contributed by atoms with E-state index in [2.05, 4.69) is 11.0 Å². The normalized spacial score (nSPS) is 24.3. The second kappa shape index (κ2) is 7.52. The molecule has 3 rings (SSSR count). The highest BCUT2D eigenvalue weighted by Gasteiger charge is 2.47. The summed E-state index contributed by atoms with van der Waals surface area (Å²) in [5.74, 6) is -0.0227. The van der Waals surface area contributed by atoms with Crippen molar-refractivity contribution in [3.05, 3.63) is 35.4 Å². The van der Waals surface area contributed by atoms with Crippen molar-refractivity contribution in [1.29, 1.82) is 0 Å². The molecule has 0 bridgehead atoms. The molecule has 1 N–H and O–H groups in total. The maximum Gasteiger partial charge on any atom is 0.254 e. The predicted molar refractivity (Wildman–Crippen MR) is 103 cm³/mol. The number of hydrogen-bond acceptors (Lipinski definition) is 6. The van der Waals surface area contributed by atoms with Crippen molar-refractivity contribution in [3.63, 3.8) is 0 Å². The van der Waals surface area contributed by atoms with E-state index in [4.69, 9.17) is 4.74 Å². The van der Waals surface area contributed by atoms with Gasteiger partial charge in [0, 0.05) is 31.2 Å². The lowest BCUT2D eigenvalue weighted by Gasteiger charge is -2.43. The summed E-state index contributed by atoms with van der Waals surface area (Å²) in [4.78, 5) is 16.8. The minimum atomic E-state index is -3.19. The molecular formula is C19H26N2O5S. The summed E-state index contributed by atoms with van der Waals surface area (Å²) in [7, 11) is -1.75. The van der Waals surface area contributed by atoms with Crippen LogP contribution in [0.15, 0.2) is 29.8 Å². The van der Waals surface area contributed by atoms with Gasteiger partial charge in [-0.2, -0.15) is 0 Å². The fourth-order valence-corrected chi connectivity index (χ4v) is 5.80. The molecule has 2 fully saturated rings. The largest absolute Gasteiger partial charge is 0.504 e. The van der Waals surface area contributed by atoms with Crippen LogP contribution in [0.25, 0.3) is 0 Å². The minimum Gasteiger partial charge on any atom is -0.504 e.